The van der Waals surface area contributed by atoms with Gasteiger partial charge in [0.05, 0.1) is 12.6 Å². The SMILES string of the molecule is CC(C)CNC(=O)NC(=O)C(C)N(C)Cc1ccc(Br)o1. The molecular weight excluding hydrogens is 338 g/mol. The number of hydrogen-bond donors (Lipinski definition) is 2. The molecule has 1 atom stereocenters. The van der Waals surface area contributed by atoms with Gasteiger partial charge in [0.1, 0.15) is 5.76 Å². The van der Waals surface area contributed by atoms with E-state index in [4.69, 9.17) is 4.42 Å². The van der Waals surface area contributed by atoms with Gasteiger partial charge in [0, 0.05) is 6.54 Å². The first-order chi connectivity index (χ1) is 9.79. The molecule has 6 nitrogen and oxygen atoms in total. The van der Waals surface area contributed by atoms with E-state index in [1.807, 2.05) is 19.9 Å². The van der Waals surface area contributed by atoms with Crippen molar-refractivity contribution in [1.82, 2.24) is 15.5 Å². The van der Waals surface area contributed by atoms with Crippen molar-refractivity contribution in [3.05, 3.63) is 22.6 Å². The van der Waals surface area contributed by atoms with E-state index in [0.717, 1.165) is 5.76 Å². The highest BCUT2D eigenvalue weighted by Gasteiger charge is 2.21. The zero-order valence-corrected chi connectivity index (χ0v) is 14.4. The summed E-state index contributed by atoms with van der Waals surface area (Å²) in [6, 6.07) is 2.72. The normalized spacial score (nSPS) is 12.5. The number of nitrogens with zero attached hydrogens (tertiary/aromatic N) is 1. The lowest BCUT2D eigenvalue weighted by Gasteiger charge is -2.22. The van der Waals surface area contributed by atoms with Crippen LogP contribution >= 0.6 is 15.9 Å². The van der Waals surface area contributed by atoms with Gasteiger partial charge in [0.15, 0.2) is 4.67 Å². The molecule has 0 radical (unpaired) electrons. The van der Waals surface area contributed by atoms with Crippen molar-refractivity contribution < 1.29 is 14.0 Å². The monoisotopic (exact) mass is 359 g/mol. The molecule has 0 bridgehead atoms. The predicted octanol–water partition coefficient (Wildman–Crippen LogP) is 2.34. The van der Waals surface area contributed by atoms with E-state index in [2.05, 4.69) is 26.6 Å². The summed E-state index contributed by atoms with van der Waals surface area (Å²) in [5.41, 5.74) is 0. The molecule has 0 aliphatic rings. The van der Waals surface area contributed by atoms with Crippen LogP contribution in [0.1, 0.15) is 26.5 Å². The first-order valence-corrected chi connectivity index (χ1v) is 7.62. The van der Waals surface area contributed by atoms with Gasteiger partial charge in [0.2, 0.25) is 5.91 Å². The third-order valence-corrected chi connectivity index (χ3v) is 3.41. The highest BCUT2D eigenvalue weighted by molar-refractivity contribution is 9.10. The average molecular weight is 360 g/mol. The third kappa shape index (κ3) is 6.31. The van der Waals surface area contributed by atoms with Gasteiger partial charge in [-0.2, -0.15) is 0 Å². The Kier molecular flexibility index (Phi) is 6.91. The van der Waals surface area contributed by atoms with E-state index in [-0.39, 0.29) is 5.91 Å². The van der Waals surface area contributed by atoms with Crippen molar-refractivity contribution in [1.29, 1.82) is 0 Å². The Morgan fingerprint density at radius 3 is 2.52 bits per heavy atom. The van der Waals surface area contributed by atoms with E-state index in [1.165, 1.54) is 0 Å². The summed E-state index contributed by atoms with van der Waals surface area (Å²) in [6.07, 6.45) is 0. The Labute approximate surface area is 133 Å². The van der Waals surface area contributed by atoms with E-state index in [1.54, 1.807) is 24.9 Å². The van der Waals surface area contributed by atoms with Gasteiger partial charge in [-0.05, 0) is 48.0 Å². The van der Waals surface area contributed by atoms with Gasteiger partial charge in [-0.3, -0.25) is 15.0 Å². The molecule has 1 aromatic rings. The minimum atomic E-state index is -0.463. The Morgan fingerprint density at radius 1 is 1.33 bits per heavy atom. The van der Waals surface area contributed by atoms with Gasteiger partial charge >= 0.3 is 6.03 Å². The topological polar surface area (TPSA) is 74.6 Å². The second-order valence-electron chi connectivity index (χ2n) is 5.39. The number of imide groups is 1. The largest absolute Gasteiger partial charge is 0.453 e. The lowest BCUT2D eigenvalue weighted by molar-refractivity contribution is -0.124. The molecule has 0 spiro atoms. The standard InChI is InChI=1S/C14H22BrN3O3/c1-9(2)7-16-14(20)17-13(19)10(3)18(4)8-11-5-6-12(15)21-11/h5-6,9-10H,7-8H2,1-4H3,(H2,16,17,19,20). The highest BCUT2D eigenvalue weighted by Crippen LogP contribution is 2.16. The molecule has 7 heteroatoms. The van der Waals surface area contributed by atoms with Crippen molar-refractivity contribution in [2.45, 2.75) is 33.4 Å². The Morgan fingerprint density at radius 2 is 2.00 bits per heavy atom. The number of urea groups is 1. The first-order valence-electron chi connectivity index (χ1n) is 6.82. The van der Waals surface area contributed by atoms with Crippen molar-refractivity contribution in [2.24, 2.45) is 5.92 Å². The molecule has 1 heterocycles. The van der Waals surface area contributed by atoms with Crippen molar-refractivity contribution in [3.63, 3.8) is 0 Å². The second kappa shape index (κ2) is 8.19. The van der Waals surface area contributed by atoms with Crippen molar-refractivity contribution in [2.75, 3.05) is 13.6 Å². The fourth-order valence-electron chi connectivity index (χ4n) is 1.58. The summed E-state index contributed by atoms with van der Waals surface area (Å²) in [6.45, 7) is 6.72. The number of rotatable bonds is 6. The maximum atomic E-state index is 12.0. The second-order valence-corrected chi connectivity index (χ2v) is 6.17. The quantitative estimate of drug-likeness (QED) is 0.817. The van der Waals surface area contributed by atoms with Gasteiger partial charge in [-0.1, -0.05) is 13.8 Å². The Hall–Kier alpha value is -1.34. The highest BCUT2D eigenvalue weighted by atomic mass is 79.9. The molecular formula is C14H22BrN3O3. The van der Waals surface area contributed by atoms with E-state index in [9.17, 15) is 9.59 Å². The molecule has 0 fully saturated rings. The van der Waals surface area contributed by atoms with Crippen LogP contribution in [0.2, 0.25) is 0 Å². The number of carbonyl (C=O) groups is 2. The molecule has 1 aromatic heterocycles. The molecule has 1 rings (SSSR count). The van der Waals surface area contributed by atoms with E-state index in [0.29, 0.717) is 23.7 Å². The zero-order valence-electron chi connectivity index (χ0n) is 12.8. The zero-order chi connectivity index (χ0) is 16.0. The minimum absolute atomic E-state index is 0.336. The van der Waals surface area contributed by atoms with Gasteiger partial charge in [-0.25, -0.2) is 4.79 Å². The average Bonchev–Trinajstić information content (AvgIpc) is 2.80. The van der Waals surface area contributed by atoms with Gasteiger partial charge < -0.3 is 9.73 Å². The van der Waals surface area contributed by atoms with Crippen LogP contribution in [0.15, 0.2) is 21.2 Å². The summed E-state index contributed by atoms with van der Waals surface area (Å²) in [4.78, 5) is 25.3. The van der Waals surface area contributed by atoms with Crippen LogP contribution < -0.4 is 10.6 Å². The lowest BCUT2D eigenvalue weighted by atomic mass is 10.2. The fraction of sp³-hybridized carbons (Fsp3) is 0.571. The Balaban J connectivity index is 2.43. The summed E-state index contributed by atoms with van der Waals surface area (Å²) in [5.74, 6) is 0.737. The van der Waals surface area contributed by atoms with Crippen molar-refractivity contribution >= 4 is 27.9 Å². The van der Waals surface area contributed by atoms with Crippen LogP contribution in [0.25, 0.3) is 0 Å². The number of carbonyl (C=O) groups excluding carboxylic acids is 2. The van der Waals surface area contributed by atoms with Crippen LogP contribution in [-0.2, 0) is 11.3 Å². The number of halogens is 1. The molecule has 0 saturated carbocycles. The predicted molar refractivity (Wildman–Crippen MR) is 83.7 cm³/mol. The summed E-state index contributed by atoms with van der Waals surface area (Å²) in [7, 11) is 1.80. The molecule has 0 aliphatic carbocycles. The maximum Gasteiger partial charge on any atom is 0.321 e. The molecule has 2 N–H and O–H groups in total. The van der Waals surface area contributed by atoms with Crippen molar-refractivity contribution in [3.8, 4) is 0 Å². The maximum absolute atomic E-state index is 12.0. The summed E-state index contributed by atoms with van der Waals surface area (Å²) in [5, 5.41) is 4.98. The number of amides is 3. The summed E-state index contributed by atoms with van der Waals surface area (Å²) < 4.78 is 6.04. The van der Waals surface area contributed by atoms with Crippen LogP contribution in [-0.4, -0.2) is 36.5 Å². The molecule has 21 heavy (non-hydrogen) atoms. The minimum Gasteiger partial charge on any atom is -0.453 e. The van der Waals surface area contributed by atoms with Gasteiger partial charge in [0.25, 0.3) is 0 Å². The number of nitrogens with one attached hydrogen (secondary N) is 2. The van der Waals surface area contributed by atoms with E-state index < -0.39 is 12.1 Å². The molecule has 0 aromatic carbocycles. The summed E-state index contributed by atoms with van der Waals surface area (Å²) >= 11 is 3.23. The fourth-order valence-corrected chi connectivity index (χ4v) is 1.92. The van der Waals surface area contributed by atoms with Gasteiger partial charge in [-0.15, -0.1) is 0 Å². The van der Waals surface area contributed by atoms with Crippen LogP contribution in [0, 0.1) is 5.92 Å². The molecule has 3 amide bonds. The molecule has 0 aliphatic heterocycles. The van der Waals surface area contributed by atoms with Crippen LogP contribution in [0.3, 0.4) is 0 Å². The molecule has 118 valence electrons. The number of furan rings is 1. The van der Waals surface area contributed by atoms with Crippen LogP contribution in [0.4, 0.5) is 4.79 Å². The Bertz CT molecular complexity index is 488. The van der Waals surface area contributed by atoms with E-state index >= 15 is 0 Å². The smallest absolute Gasteiger partial charge is 0.321 e. The van der Waals surface area contributed by atoms with Crippen LogP contribution in [0.5, 0.6) is 0 Å². The third-order valence-electron chi connectivity index (χ3n) is 2.98. The lowest BCUT2D eigenvalue weighted by Crippen LogP contribution is -2.48. The first kappa shape index (κ1) is 17.7. The molecule has 1 unspecified atom stereocenters. The number of hydrogen-bond acceptors (Lipinski definition) is 4. The number of likely N-dealkylation sites (N-methyl/N-ethyl adjacent to an activating group) is 1. The molecule has 0 saturated heterocycles.